The maximum atomic E-state index is 4.61. The van der Waals surface area contributed by atoms with Gasteiger partial charge in [-0.1, -0.05) is 29.9 Å². The van der Waals surface area contributed by atoms with Crippen LogP contribution in [-0.4, -0.2) is 23.2 Å². The van der Waals surface area contributed by atoms with E-state index in [2.05, 4.69) is 41.0 Å². The van der Waals surface area contributed by atoms with Gasteiger partial charge < -0.3 is 0 Å². The van der Waals surface area contributed by atoms with Crippen molar-refractivity contribution < 1.29 is 0 Å². The quantitative estimate of drug-likeness (QED) is 0.610. The van der Waals surface area contributed by atoms with E-state index >= 15 is 0 Å². The zero-order chi connectivity index (χ0) is 15.1. The topological polar surface area (TPSA) is 38.1 Å². The van der Waals surface area contributed by atoms with Gasteiger partial charge in [-0.3, -0.25) is 4.99 Å². The molecule has 106 valence electrons. The third kappa shape index (κ3) is 4.26. The molecule has 0 radical (unpaired) electrons. The Balaban J connectivity index is 3.58. The summed E-state index contributed by atoms with van der Waals surface area (Å²) in [5, 5.41) is 0. The monoisotopic (exact) mass is 269 g/mol. The summed E-state index contributed by atoms with van der Waals surface area (Å²) < 4.78 is 0. The lowest BCUT2D eigenvalue weighted by molar-refractivity contribution is 0.993. The minimum atomic E-state index is 0.777. The fourth-order valence-electron chi connectivity index (χ4n) is 1.93. The minimum absolute atomic E-state index is 0.777. The normalized spacial score (nSPS) is 12.4. The van der Waals surface area contributed by atoms with Gasteiger partial charge in [0.1, 0.15) is 5.82 Å². The number of allylic oxidation sites excluding steroid dienone is 6. The second-order valence-corrected chi connectivity index (χ2v) is 4.88. The maximum Gasteiger partial charge on any atom is 0.126 e. The lowest BCUT2D eigenvalue weighted by atomic mass is 10.0. The first-order valence-electron chi connectivity index (χ1n) is 6.75. The van der Waals surface area contributed by atoms with Crippen LogP contribution in [0.3, 0.4) is 0 Å². The van der Waals surface area contributed by atoms with Crippen LogP contribution in [0.15, 0.2) is 34.9 Å². The predicted molar refractivity (Wildman–Crippen MR) is 87.2 cm³/mol. The first-order chi connectivity index (χ1) is 9.49. The molecule has 0 N–H and O–H groups in total. The van der Waals surface area contributed by atoms with Crippen LogP contribution in [0.1, 0.15) is 43.5 Å². The molecule has 0 aliphatic carbocycles. The first kappa shape index (κ1) is 16.0. The largest absolute Gasteiger partial charge is 0.296 e. The van der Waals surface area contributed by atoms with Crippen molar-refractivity contribution in [2.45, 2.75) is 34.6 Å². The Kier molecular flexibility index (Phi) is 6.04. The highest BCUT2D eigenvalue weighted by molar-refractivity contribution is 5.90. The number of aliphatic imine (C=N–C) groups is 1. The fraction of sp³-hybridized carbons (Fsp3) is 0.353. The average Bonchev–Trinajstić information content (AvgIpc) is 2.37. The molecule has 20 heavy (non-hydrogen) atoms. The molecule has 1 heterocycles. The number of aromatic nitrogens is 2. The summed E-state index contributed by atoms with van der Waals surface area (Å²) in [6.07, 6.45) is 10.1. The molecule has 0 saturated heterocycles. The summed E-state index contributed by atoms with van der Waals surface area (Å²) in [7, 11) is 1.76. The Hall–Kier alpha value is -2.03. The Labute approximate surface area is 121 Å². The van der Waals surface area contributed by atoms with Crippen LogP contribution in [-0.2, 0) is 0 Å². The molecule has 1 rings (SSSR count). The van der Waals surface area contributed by atoms with Gasteiger partial charge in [-0.25, -0.2) is 9.97 Å². The van der Waals surface area contributed by atoms with Crippen LogP contribution < -0.4 is 0 Å². The van der Waals surface area contributed by atoms with Crippen molar-refractivity contribution in [1.29, 1.82) is 0 Å². The summed E-state index contributed by atoms with van der Waals surface area (Å²) in [6, 6.07) is 0. The Morgan fingerprint density at radius 2 is 1.85 bits per heavy atom. The van der Waals surface area contributed by atoms with E-state index in [0.717, 1.165) is 28.3 Å². The van der Waals surface area contributed by atoms with Gasteiger partial charge in [0.2, 0.25) is 0 Å². The van der Waals surface area contributed by atoms with Crippen LogP contribution in [0.4, 0.5) is 0 Å². The molecule has 1 aromatic rings. The van der Waals surface area contributed by atoms with E-state index in [4.69, 9.17) is 0 Å². The van der Waals surface area contributed by atoms with Crippen molar-refractivity contribution in [2.75, 3.05) is 7.05 Å². The second kappa shape index (κ2) is 7.53. The molecule has 0 atom stereocenters. The van der Waals surface area contributed by atoms with Gasteiger partial charge in [0, 0.05) is 24.4 Å². The molecule has 0 aliphatic rings. The zero-order valence-electron chi connectivity index (χ0n) is 13.2. The number of hydrogen-bond donors (Lipinski definition) is 0. The van der Waals surface area contributed by atoms with Gasteiger partial charge in [0.05, 0.1) is 11.4 Å². The maximum absolute atomic E-state index is 4.61. The van der Waals surface area contributed by atoms with Crippen LogP contribution in [0, 0.1) is 13.8 Å². The summed E-state index contributed by atoms with van der Waals surface area (Å²) in [5.74, 6) is 0.777. The Morgan fingerprint density at radius 1 is 1.15 bits per heavy atom. The summed E-state index contributed by atoms with van der Waals surface area (Å²) in [6.45, 7) is 10.1. The van der Waals surface area contributed by atoms with Gasteiger partial charge in [0.15, 0.2) is 0 Å². The molecule has 0 amide bonds. The third-order valence-electron chi connectivity index (χ3n) is 2.69. The highest BCUT2D eigenvalue weighted by atomic mass is 14.9. The van der Waals surface area contributed by atoms with Gasteiger partial charge in [-0.2, -0.15) is 0 Å². The lowest BCUT2D eigenvalue weighted by Crippen LogP contribution is -2.04. The highest BCUT2D eigenvalue weighted by Crippen LogP contribution is 2.21. The van der Waals surface area contributed by atoms with Crippen LogP contribution in [0.2, 0.25) is 0 Å². The van der Waals surface area contributed by atoms with Crippen molar-refractivity contribution in [2.24, 2.45) is 4.99 Å². The van der Waals surface area contributed by atoms with Crippen LogP contribution in [0.25, 0.3) is 5.57 Å². The summed E-state index contributed by atoms with van der Waals surface area (Å²) in [5.41, 5.74) is 5.17. The summed E-state index contributed by atoms with van der Waals surface area (Å²) >= 11 is 0. The highest BCUT2D eigenvalue weighted by Gasteiger charge is 2.11. The molecule has 0 saturated carbocycles. The van der Waals surface area contributed by atoms with E-state index in [1.807, 2.05) is 39.1 Å². The molecule has 0 spiro atoms. The van der Waals surface area contributed by atoms with E-state index in [0.29, 0.717) is 0 Å². The molecule has 3 nitrogen and oxygen atoms in total. The van der Waals surface area contributed by atoms with Gasteiger partial charge in [0.25, 0.3) is 0 Å². The molecular weight excluding hydrogens is 246 g/mol. The molecule has 1 aromatic heterocycles. The van der Waals surface area contributed by atoms with Crippen molar-refractivity contribution in [3.63, 3.8) is 0 Å². The van der Waals surface area contributed by atoms with Crippen molar-refractivity contribution in [3.8, 4) is 0 Å². The molecule has 0 bridgehead atoms. The standard InChI is InChI=1S/C17H23N3/c1-7-8-9-15(10-12(2)3)17-16(11-18-6)13(4)19-14(5)20-17/h7-11H,1-6H3/b8-7-,15-9+,18-11?. The van der Waals surface area contributed by atoms with Crippen molar-refractivity contribution in [1.82, 2.24) is 9.97 Å². The SMILES string of the molecule is C/C=C\C=C(/C=C(C)C)c1nc(C)nc(C)c1C=NC. The average molecular weight is 269 g/mol. The Bertz CT molecular complexity index is 586. The number of hydrogen-bond acceptors (Lipinski definition) is 3. The van der Waals surface area contributed by atoms with Gasteiger partial charge in [-0.05, 0) is 34.6 Å². The van der Waals surface area contributed by atoms with Crippen molar-refractivity contribution in [3.05, 3.63) is 52.7 Å². The summed E-state index contributed by atoms with van der Waals surface area (Å²) in [4.78, 5) is 13.2. The minimum Gasteiger partial charge on any atom is -0.296 e. The molecule has 0 aromatic carbocycles. The van der Waals surface area contributed by atoms with E-state index < -0.39 is 0 Å². The number of rotatable bonds is 4. The van der Waals surface area contributed by atoms with E-state index in [-0.39, 0.29) is 0 Å². The fourth-order valence-corrected chi connectivity index (χ4v) is 1.93. The predicted octanol–water partition coefficient (Wildman–Crippen LogP) is 4.07. The van der Waals surface area contributed by atoms with E-state index in [9.17, 15) is 0 Å². The zero-order valence-corrected chi connectivity index (χ0v) is 13.2. The van der Waals surface area contributed by atoms with E-state index in [1.165, 1.54) is 5.57 Å². The van der Waals surface area contributed by atoms with E-state index in [1.54, 1.807) is 7.05 Å². The van der Waals surface area contributed by atoms with Crippen LogP contribution in [0.5, 0.6) is 0 Å². The number of nitrogens with zero attached hydrogens (tertiary/aromatic N) is 3. The molecule has 0 fully saturated rings. The third-order valence-corrected chi connectivity index (χ3v) is 2.69. The first-order valence-corrected chi connectivity index (χ1v) is 6.75. The van der Waals surface area contributed by atoms with Gasteiger partial charge >= 0.3 is 0 Å². The molecular formula is C17H23N3. The smallest absolute Gasteiger partial charge is 0.126 e. The van der Waals surface area contributed by atoms with Crippen LogP contribution >= 0.6 is 0 Å². The molecule has 0 aliphatic heterocycles. The number of aryl methyl sites for hydroxylation is 2. The van der Waals surface area contributed by atoms with Gasteiger partial charge in [-0.15, -0.1) is 0 Å². The molecule has 3 heteroatoms. The second-order valence-electron chi connectivity index (χ2n) is 4.88. The lowest BCUT2D eigenvalue weighted by Gasteiger charge is -2.10. The van der Waals surface area contributed by atoms with Crippen molar-refractivity contribution >= 4 is 11.8 Å². The Morgan fingerprint density at radius 3 is 2.40 bits per heavy atom. The molecule has 0 unspecified atom stereocenters.